The van der Waals surface area contributed by atoms with Crippen LogP contribution in [0, 0.1) is 11.7 Å². The molecule has 6 heteroatoms. The van der Waals surface area contributed by atoms with E-state index in [0.717, 1.165) is 0 Å². The largest absolute Gasteiger partial charge is 0.396 e. The fraction of sp³-hybridized carbons (Fsp3) is 0.429. The lowest BCUT2D eigenvalue weighted by molar-refractivity contribution is -0.0206. The Kier molecular flexibility index (Phi) is 3.50. The maximum atomic E-state index is 14.2. The third-order valence-corrected chi connectivity index (χ3v) is 3.72. The fourth-order valence-corrected chi connectivity index (χ4v) is 2.77. The minimum absolute atomic E-state index is 0.0122. The third kappa shape index (κ3) is 2.32. The van der Waals surface area contributed by atoms with Gasteiger partial charge in [-0.2, -0.15) is 5.10 Å². The molecule has 0 amide bonds. The van der Waals surface area contributed by atoms with Gasteiger partial charge in [0.25, 0.3) is 0 Å². The second-order valence-electron chi connectivity index (χ2n) is 5.13. The van der Waals surface area contributed by atoms with Crippen molar-refractivity contribution >= 4 is 0 Å². The van der Waals surface area contributed by atoms with Crippen LogP contribution in [-0.2, 0) is 16.9 Å². The molecular weight excluding hydrogens is 261 g/mol. The van der Waals surface area contributed by atoms with Gasteiger partial charge in [-0.3, -0.25) is 0 Å². The van der Waals surface area contributed by atoms with Crippen molar-refractivity contribution in [2.45, 2.75) is 18.6 Å². The zero-order chi connectivity index (χ0) is 14.0. The van der Waals surface area contributed by atoms with E-state index >= 15 is 0 Å². The molecule has 1 aliphatic heterocycles. The summed E-state index contributed by atoms with van der Waals surface area (Å²) in [6, 6.07) is 6.59. The second kappa shape index (κ2) is 5.30. The zero-order valence-electron chi connectivity index (χ0n) is 10.9. The molecule has 3 rings (SSSR count). The first kappa shape index (κ1) is 13.2. The molecule has 1 fully saturated rings. The standard InChI is InChI=1S/C14H16FN3O2/c15-13-4-2-1-3-12(13)14(5-11(6-19)7-20-14)8-18-10-16-9-17-18/h1-4,9-11,19H,5-8H2/t11-,14+/m1/s1. The summed E-state index contributed by atoms with van der Waals surface area (Å²) < 4.78 is 21.7. The highest BCUT2D eigenvalue weighted by Gasteiger charge is 2.43. The number of nitrogens with zero attached hydrogens (tertiary/aromatic N) is 3. The van der Waals surface area contributed by atoms with Crippen LogP contribution in [0.25, 0.3) is 0 Å². The van der Waals surface area contributed by atoms with E-state index in [9.17, 15) is 9.50 Å². The van der Waals surface area contributed by atoms with Crippen LogP contribution in [0.1, 0.15) is 12.0 Å². The molecule has 1 aromatic heterocycles. The van der Waals surface area contributed by atoms with Crippen molar-refractivity contribution in [1.82, 2.24) is 14.8 Å². The van der Waals surface area contributed by atoms with Gasteiger partial charge in [0.15, 0.2) is 0 Å². The predicted octanol–water partition coefficient (Wildman–Crippen LogP) is 1.34. The Hall–Kier alpha value is -1.79. The van der Waals surface area contributed by atoms with Crippen LogP contribution in [0.3, 0.4) is 0 Å². The van der Waals surface area contributed by atoms with Gasteiger partial charge in [-0.15, -0.1) is 0 Å². The van der Waals surface area contributed by atoms with Crippen molar-refractivity contribution in [2.75, 3.05) is 13.2 Å². The van der Waals surface area contributed by atoms with Gasteiger partial charge in [0.05, 0.1) is 13.2 Å². The number of hydrogen-bond donors (Lipinski definition) is 1. The highest BCUT2D eigenvalue weighted by molar-refractivity contribution is 5.25. The van der Waals surface area contributed by atoms with E-state index in [0.29, 0.717) is 25.1 Å². The molecule has 20 heavy (non-hydrogen) atoms. The molecule has 1 aromatic carbocycles. The number of aromatic nitrogens is 3. The molecule has 2 atom stereocenters. The summed E-state index contributed by atoms with van der Waals surface area (Å²) >= 11 is 0. The molecule has 0 unspecified atom stereocenters. The molecule has 1 aliphatic rings. The van der Waals surface area contributed by atoms with Gasteiger partial charge in [0.2, 0.25) is 0 Å². The first-order chi connectivity index (χ1) is 9.73. The van der Waals surface area contributed by atoms with Crippen molar-refractivity contribution in [2.24, 2.45) is 5.92 Å². The number of benzene rings is 1. The molecule has 1 N–H and O–H groups in total. The third-order valence-electron chi connectivity index (χ3n) is 3.72. The molecule has 2 aromatic rings. The van der Waals surface area contributed by atoms with Crippen LogP contribution in [0.4, 0.5) is 4.39 Å². The molecule has 2 heterocycles. The number of aliphatic hydroxyl groups excluding tert-OH is 1. The van der Waals surface area contributed by atoms with E-state index < -0.39 is 5.60 Å². The Morgan fingerprint density at radius 2 is 2.30 bits per heavy atom. The summed E-state index contributed by atoms with van der Waals surface area (Å²) in [5, 5.41) is 13.4. The van der Waals surface area contributed by atoms with Crippen molar-refractivity contribution in [3.05, 3.63) is 48.3 Å². The molecule has 0 radical (unpaired) electrons. The number of rotatable bonds is 4. The van der Waals surface area contributed by atoms with Crippen LogP contribution in [0.5, 0.6) is 0 Å². The summed E-state index contributed by atoms with van der Waals surface area (Å²) in [5.74, 6) is -0.288. The highest BCUT2D eigenvalue weighted by atomic mass is 19.1. The number of hydrogen-bond acceptors (Lipinski definition) is 4. The lowest BCUT2D eigenvalue weighted by Gasteiger charge is -2.29. The Bertz CT molecular complexity index is 576. The van der Waals surface area contributed by atoms with Gasteiger partial charge in [0, 0.05) is 18.1 Å². The summed E-state index contributed by atoms with van der Waals surface area (Å²) in [6.45, 7) is 0.831. The fourth-order valence-electron chi connectivity index (χ4n) is 2.77. The molecule has 5 nitrogen and oxygen atoms in total. The second-order valence-corrected chi connectivity index (χ2v) is 5.13. The molecule has 106 valence electrons. The normalized spacial score (nSPS) is 26.0. The molecular formula is C14H16FN3O2. The van der Waals surface area contributed by atoms with E-state index in [-0.39, 0.29) is 18.3 Å². The Balaban J connectivity index is 1.98. The van der Waals surface area contributed by atoms with Crippen LogP contribution >= 0.6 is 0 Å². The lowest BCUT2D eigenvalue weighted by atomic mass is 9.87. The van der Waals surface area contributed by atoms with E-state index in [4.69, 9.17) is 4.74 Å². The predicted molar refractivity (Wildman–Crippen MR) is 69.2 cm³/mol. The minimum Gasteiger partial charge on any atom is -0.396 e. The topological polar surface area (TPSA) is 60.2 Å². The van der Waals surface area contributed by atoms with Gasteiger partial charge >= 0.3 is 0 Å². The van der Waals surface area contributed by atoms with Crippen LogP contribution in [0.15, 0.2) is 36.9 Å². The van der Waals surface area contributed by atoms with E-state index in [2.05, 4.69) is 10.1 Å². The smallest absolute Gasteiger partial charge is 0.137 e. The van der Waals surface area contributed by atoms with Gasteiger partial charge in [-0.1, -0.05) is 18.2 Å². The summed E-state index contributed by atoms with van der Waals surface area (Å²) in [4.78, 5) is 3.90. The first-order valence-corrected chi connectivity index (χ1v) is 6.56. The average Bonchev–Trinajstić information content (AvgIpc) is 3.10. The van der Waals surface area contributed by atoms with Crippen molar-refractivity contribution in [1.29, 1.82) is 0 Å². The molecule has 1 saturated heterocycles. The monoisotopic (exact) mass is 277 g/mol. The minimum atomic E-state index is -0.799. The van der Waals surface area contributed by atoms with Gasteiger partial charge in [0.1, 0.15) is 24.1 Å². The molecule has 0 saturated carbocycles. The van der Waals surface area contributed by atoms with Crippen molar-refractivity contribution < 1.29 is 14.2 Å². The van der Waals surface area contributed by atoms with Crippen molar-refractivity contribution in [3.8, 4) is 0 Å². The number of aliphatic hydroxyl groups is 1. The van der Waals surface area contributed by atoms with Gasteiger partial charge in [-0.05, 0) is 12.5 Å². The number of ether oxygens (including phenoxy) is 1. The van der Waals surface area contributed by atoms with Crippen LogP contribution < -0.4 is 0 Å². The summed E-state index contributed by atoms with van der Waals surface area (Å²) in [5.41, 5.74) is -0.293. The SMILES string of the molecule is OC[C@@H]1CO[C@@](Cn2cncn2)(c2ccccc2F)C1. The Morgan fingerprint density at radius 3 is 2.95 bits per heavy atom. The summed E-state index contributed by atoms with van der Waals surface area (Å²) in [6.07, 6.45) is 3.58. The zero-order valence-corrected chi connectivity index (χ0v) is 10.9. The average molecular weight is 277 g/mol. The maximum Gasteiger partial charge on any atom is 0.137 e. The highest BCUT2D eigenvalue weighted by Crippen LogP contribution is 2.41. The first-order valence-electron chi connectivity index (χ1n) is 6.56. The Labute approximate surface area is 116 Å². The quantitative estimate of drug-likeness (QED) is 0.916. The molecule has 0 spiro atoms. The van der Waals surface area contributed by atoms with Crippen LogP contribution in [-0.4, -0.2) is 33.1 Å². The maximum absolute atomic E-state index is 14.2. The van der Waals surface area contributed by atoms with Crippen molar-refractivity contribution in [3.63, 3.8) is 0 Å². The van der Waals surface area contributed by atoms with E-state index in [1.807, 2.05) is 0 Å². The molecule has 0 bridgehead atoms. The van der Waals surface area contributed by atoms with Gasteiger partial charge < -0.3 is 9.84 Å². The van der Waals surface area contributed by atoms with Crippen LogP contribution in [0.2, 0.25) is 0 Å². The Morgan fingerprint density at radius 1 is 1.45 bits per heavy atom. The molecule has 0 aliphatic carbocycles. The summed E-state index contributed by atoms with van der Waals surface area (Å²) in [7, 11) is 0. The van der Waals surface area contributed by atoms with E-state index in [1.165, 1.54) is 12.4 Å². The number of halogens is 1. The van der Waals surface area contributed by atoms with Gasteiger partial charge in [-0.25, -0.2) is 14.1 Å². The van der Waals surface area contributed by atoms with E-state index in [1.54, 1.807) is 29.2 Å². The lowest BCUT2D eigenvalue weighted by Crippen LogP contribution is -2.32.